The van der Waals surface area contributed by atoms with Gasteiger partial charge in [0.15, 0.2) is 17.5 Å². The molecule has 0 atom stereocenters. The van der Waals surface area contributed by atoms with Crippen molar-refractivity contribution >= 4 is 102 Å². The average Bonchev–Trinajstić information content (AvgIpc) is 1.17. The molecule has 12 aromatic carbocycles. The number of hydrogen-bond donors (Lipinski definition) is 0. The van der Waals surface area contributed by atoms with E-state index in [0.29, 0.717) is 17.5 Å². The zero-order chi connectivity index (χ0) is 63.8. The Bertz CT molecular complexity index is 5620. The number of benzene rings is 12. The van der Waals surface area contributed by atoms with Crippen LogP contribution in [0.4, 0.5) is 17.1 Å². The third kappa shape index (κ3) is 9.03. The van der Waals surface area contributed by atoms with Crippen LogP contribution in [0.5, 0.6) is 0 Å². The predicted octanol–water partition coefficient (Wildman–Crippen LogP) is 24.8. The molecule has 2 aliphatic rings. The minimum atomic E-state index is -0.0254. The van der Waals surface area contributed by atoms with E-state index in [1.165, 1.54) is 90.4 Å². The molecule has 0 unspecified atom stereocenters. The normalized spacial score (nSPS) is 14.7. The molecule has 0 bridgehead atoms. The van der Waals surface area contributed by atoms with Gasteiger partial charge in [0.25, 0.3) is 0 Å². The minimum Gasteiger partial charge on any atom is -0.456 e. The lowest BCUT2D eigenvalue weighted by atomic mass is 9.55. The van der Waals surface area contributed by atoms with Gasteiger partial charge in [-0.2, -0.15) is 0 Å². The first-order chi connectivity index (χ1) is 45.6. The molecule has 5 nitrogen and oxygen atoms in total. The van der Waals surface area contributed by atoms with Gasteiger partial charge in [0.2, 0.25) is 0 Å². The summed E-state index contributed by atoms with van der Waals surface area (Å²) in [5.41, 5.74) is 21.6. The Morgan fingerprint density at radius 2 is 0.766 bits per heavy atom. The van der Waals surface area contributed by atoms with E-state index in [1.807, 2.05) is 95.5 Å². The number of thiophene rings is 2. The fraction of sp³-hybridized carbons (Fsp3) is 0.138. The zero-order valence-electron chi connectivity index (χ0n) is 53.9. The number of nitrogens with zero attached hydrogens (tertiary/aromatic N) is 4. The molecule has 0 amide bonds. The van der Waals surface area contributed by atoms with Crippen LogP contribution in [0.25, 0.3) is 130 Å². The Hall–Kier alpha value is -10.3. The monoisotopic (exact) mass is 1250 g/mol. The summed E-state index contributed by atoms with van der Waals surface area (Å²) in [6.07, 6.45) is 0. The maximum Gasteiger partial charge on any atom is 0.164 e. The van der Waals surface area contributed by atoms with Gasteiger partial charge < -0.3 is 9.32 Å². The van der Waals surface area contributed by atoms with Crippen molar-refractivity contribution in [2.24, 2.45) is 0 Å². The molecular weight excluding hydrogens is 1180 g/mol. The topological polar surface area (TPSA) is 55.1 Å². The van der Waals surface area contributed by atoms with Crippen LogP contribution in [0.2, 0.25) is 0 Å². The SMILES string of the molecule is CC1(C)c2ccccc2-c2c(ccc3sc4ccc(-c5ccc(-c6nc(-c7ccccc7)nc(-c7ccccc7)n6)cc5)cc4c23)C1(C)C.CC1(C)c2ccccc2-c2cc3c(cc2C1(C)C)sc1ccc(N(c2ccccc2)c2ccc4c(c2)oc2ccccc24)cc13. The fourth-order valence-corrected chi connectivity index (χ4v) is 17.2. The predicted molar refractivity (Wildman–Crippen MR) is 399 cm³/mol. The lowest BCUT2D eigenvalue weighted by Gasteiger charge is -2.48. The molecule has 16 aromatic rings. The highest BCUT2D eigenvalue weighted by Crippen LogP contribution is 2.58. The lowest BCUT2D eigenvalue weighted by molar-refractivity contribution is 0.299. The molecule has 0 fully saturated rings. The summed E-state index contributed by atoms with van der Waals surface area (Å²) in [7, 11) is 0. The van der Waals surface area contributed by atoms with Crippen molar-refractivity contribution in [2.75, 3.05) is 4.90 Å². The molecule has 454 valence electrons. The summed E-state index contributed by atoms with van der Waals surface area (Å²) < 4.78 is 11.6. The highest BCUT2D eigenvalue weighted by molar-refractivity contribution is 7.26. The summed E-state index contributed by atoms with van der Waals surface area (Å²) in [5, 5.41) is 7.59. The van der Waals surface area contributed by atoms with Crippen LogP contribution in [-0.4, -0.2) is 15.0 Å². The van der Waals surface area contributed by atoms with Crippen LogP contribution in [0.1, 0.15) is 77.6 Å². The highest BCUT2D eigenvalue weighted by atomic mass is 32.1. The Kier molecular flexibility index (Phi) is 13.3. The van der Waals surface area contributed by atoms with Crippen molar-refractivity contribution in [2.45, 2.75) is 77.0 Å². The van der Waals surface area contributed by atoms with Crippen LogP contribution < -0.4 is 4.90 Å². The van der Waals surface area contributed by atoms with Crippen molar-refractivity contribution in [1.29, 1.82) is 0 Å². The molecule has 0 saturated heterocycles. The van der Waals surface area contributed by atoms with Gasteiger partial charge >= 0.3 is 0 Å². The average molecular weight is 1250 g/mol. The van der Waals surface area contributed by atoms with E-state index in [2.05, 4.69) is 254 Å². The lowest BCUT2D eigenvalue weighted by Crippen LogP contribution is -2.43. The molecule has 0 saturated carbocycles. The summed E-state index contributed by atoms with van der Waals surface area (Å²) in [5.74, 6) is 1.99. The number of para-hydroxylation sites is 2. The molecule has 2 aliphatic carbocycles. The number of anilines is 3. The molecule has 4 aromatic heterocycles. The van der Waals surface area contributed by atoms with E-state index in [1.54, 1.807) is 0 Å². The van der Waals surface area contributed by atoms with Gasteiger partial charge in [-0.1, -0.05) is 237 Å². The van der Waals surface area contributed by atoms with E-state index >= 15 is 0 Å². The van der Waals surface area contributed by atoms with Crippen molar-refractivity contribution in [3.8, 4) is 67.5 Å². The molecule has 4 heterocycles. The third-order valence-corrected chi connectivity index (χ3v) is 23.8. The number of aromatic nitrogens is 3. The second-order valence-corrected chi connectivity index (χ2v) is 29.7. The molecule has 0 aliphatic heterocycles. The molecule has 94 heavy (non-hydrogen) atoms. The first-order valence-corrected chi connectivity index (χ1v) is 34.2. The van der Waals surface area contributed by atoms with E-state index in [0.717, 1.165) is 61.3 Å². The van der Waals surface area contributed by atoms with Crippen molar-refractivity contribution in [3.05, 3.63) is 289 Å². The molecule has 0 spiro atoms. The van der Waals surface area contributed by atoms with Crippen molar-refractivity contribution in [3.63, 3.8) is 0 Å². The molecule has 7 heteroatoms. The summed E-state index contributed by atoms with van der Waals surface area (Å²) >= 11 is 3.79. The summed E-state index contributed by atoms with van der Waals surface area (Å²) in [4.78, 5) is 17.1. The standard InChI is InChI=1S/C45H35N3S.C42H33NOS/c1-44(2)35-18-12-11-17-33(35)39-36(45(44,3)4)24-26-38-40(39)34-27-32(23-25-37(34)49-38)28-19-21-31(22-20-28)43-47-41(29-13-7-5-8-14-29)46-42(48-43)30-15-9-6-10-16-30;1-41(2)35-16-10-8-14-29(35)32-24-34-33-22-27(19-21-39(33)45-40(34)25-36(32)42(41,3)4)43(26-12-6-5-7-13-26)28-18-20-31-30-15-9-11-17-37(30)44-38(31)23-28/h5-27H,1-4H3;5-25H,1-4H3. The molecule has 0 N–H and O–H groups in total. The largest absolute Gasteiger partial charge is 0.456 e. The Labute approximate surface area is 556 Å². The Morgan fingerprint density at radius 3 is 1.46 bits per heavy atom. The van der Waals surface area contributed by atoms with Crippen LogP contribution in [0, 0.1) is 0 Å². The number of rotatable bonds is 7. The first-order valence-electron chi connectivity index (χ1n) is 32.6. The third-order valence-electron chi connectivity index (χ3n) is 21.5. The van der Waals surface area contributed by atoms with Crippen molar-refractivity contribution < 1.29 is 4.42 Å². The van der Waals surface area contributed by atoms with E-state index < -0.39 is 0 Å². The Balaban J connectivity index is 0.000000144. The summed E-state index contributed by atoms with van der Waals surface area (Å²) in [6, 6.07) is 96.0. The zero-order valence-corrected chi connectivity index (χ0v) is 55.6. The maximum atomic E-state index is 6.32. The molecule has 18 rings (SSSR count). The smallest absolute Gasteiger partial charge is 0.164 e. The summed E-state index contributed by atoms with van der Waals surface area (Å²) in [6.45, 7) is 19.2. The van der Waals surface area contributed by atoms with Gasteiger partial charge in [0, 0.05) is 90.9 Å². The number of fused-ring (bicyclic) bond motifs is 16. The van der Waals surface area contributed by atoms with Gasteiger partial charge in [-0.3, -0.25) is 0 Å². The van der Waals surface area contributed by atoms with E-state index in [9.17, 15) is 0 Å². The minimum absolute atomic E-state index is 0.00521. The highest BCUT2D eigenvalue weighted by Gasteiger charge is 2.47. The van der Waals surface area contributed by atoms with Crippen LogP contribution in [0.15, 0.2) is 271 Å². The molecule has 0 radical (unpaired) electrons. The van der Waals surface area contributed by atoms with Gasteiger partial charge in [0.1, 0.15) is 11.2 Å². The fourth-order valence-electron chi connectivity index (χ4n) is 15.0. The number of hydrogen-bond acceptors (Lipinski definition) is 7. The van der Waals surface area contributed by atoms with Gasteiger partial charge in [-0.15, -0.1) is 22.7 Å². The van der Waals surface area contributed by atoms with Crippen LogP contribution in [-0.2, 0) is 21.7 Å². The Morgan fingerprint density at radius 1 is 0.287 bits per heavy atom. The second-order valence-electron chi connectivity index (χ2n) is 27.5. The maximum absolute atomic E-state index is 6.32. The van der Waals surface area contributed by atoms with Crippen LogP contribution in [0.3, 0.4) is 0 Å². The quantitative estimate of drug-likeness (QED) is 0.159. The van der Waals surface area contributed by atoms with Gasteiger partial charge in [-0.25, -0.2) is 15.0 Å². The van der Waals surface area contributed by atoms with Gasteiger partial charge in [0.05, 0.1) is 0 Å². The molecular formula is C87H68N4OS2. The van der Waals surface area contributed by atoms with Crippen LogP contribution >= 0.6 is 22.7 Å². The first kappa shape index (κ1) is 57.6. The van der Waals surface area contributed by atoms with E-state index in [-0.39, 0.29) is 21.7 Å². The second kappa shape index (κ2) is 21.6. The van der Waals surface area contributed by atoms with Gasteiger partial charge in [-0.05, 0) is 156 Å². The number of furan rings is 1. The van der Waals surface area contributed by atoms with E-state index in [4.69, 9.17) is 19.4 Å². The van der Waals surface area contributed by atoms with Crippen molar-refractivity contribution in [1.82, 2.24) is 15.0 Å².